The SMILES string of the molecule is Cc1nc(S(=O)(=O)Nc2ccon2)c(F)cc1NCc1ccccc1CN(C)C(C)(C)C.O=C(O)C(F)(F)F. The molecular formula is C24H29F4N5O5S. The predicted molar refractivity (Wildman–Crippen MR) is 135 cm³/mol. The molecule has 0 saturated heterocycles. The van der Waals surface area contributed by atoms with Crippen molar-refractivity contribution in [1.29, 1.82) is 0 Å². The van der Waals surface area contributed by atoms with Gasteiger partial charge in [0.1, 0.15) is 6.26 Å². The third-order valence-corrected chi connectivity index (χ3v) is 6.72. The van der Waals surface area contributed by atoms with Gasteiger partial charge in [0.15, 0.2) is 11.6 Å². The van der Waals surface area contributed by atoms with Crippen LogP contribution in [0.1, 0.15) is 37.6 Å². The number of benzene rings is 1. The second kappa shape index (κ2) is 12.4. The molecule has 0 spiro atoms. The molecule has 0 unspecified atom stereocenters. The van der Waals surface area contributed by atoms with E-state index in [4.69, 9.17) is 9.90 Å². The summed E-state index contributed by atoms with van der Waals surface area (Å²) in [5, 5.41) is 13.1. The molecule has 3 aromatic rings. The number of aryl methyl sites for hydroxylation is 1. The van der Waals surface area contributed by atoms with Gasteiger partial charge in [0, 0.05) is 30.8 Å². The largest absolute Gasteiger partial charge is 0.490 e. The number of anilines is 2. The number of aromatic nitrogens is 2. The Morgan fingerprint density at radius 1 is 1.13 bits per heavy atom. The zero-order valence-corrected chi connectivity index (χ0v) is 22.6. The van der Waals surface area contributed by atoms with Gasteiger partial charge in [-0.25, -0.2) is 14.2 Å². The monoisotopic (exact) mass is 575 g/mol. The molecule has 0 amide bonds. The highest BCUT2D eigenvalue weighted by molar-refractivity contribution is 7.92. The molecule has 0 bridgehead atoms. The van der Waals surface area contributed by atoms with Crippen LogP contribution < -0.4 is 10.0 Å². The molecule has 0 aliphatic carbocycles. The van der Waals surface area contributed by atoms with E-state index in [9.17, 15) is 26.0 Å². The van der Waals surface area contributed by atoms with Crippen LogP contribution in [-0.2, 0) is 27.9 Å². The van der Waals surface area contributed by atoms with Gasteiger partial charge < -0.3 is 14.9 Å². The molecule has 2 aromatic heterocycles. The average Bonchev–Trinajstić information content (AvgIpc) is 3.31. The molecule has 0 aliphatic rings. The maximum absolute atomic E-state index is 14.7. The standard InChI is InChI=1S/C22H28FN5O3S.C2HF3O2/c1-15-19(12-18(23)21(25-15)32(29,30)27-20-10-11-31-26-20)24-13-16-8-6-7-9-17(16)14-28(5)22(2,3)4;3-2(4,5)1(6)7/h6-12,24H,13-14H2,1-5H3,(H,26,27);(H,6,7). The number of nitrogens with zero attached hydrogens (tertiary/aromatic N) is 3. The van der Waals surface area contributed by atoms with Gasteiger partial charge in [-0.05, 0) is 45.9 Å². The highest BCUT2D eigenvalue weighted by Crippen LogP contribution is 2.24. The van der Waals surface area contributed by atoms with Crippen LogP contribution in [0.15, 0.2) is 52.2 Å². The van der Waals surface area contributed by atoms with E-state index < -0.39 is 33.0 Å². The second-order valence-electron chi connectivity index (χ2n) is 9.35. The zero-order chi connectivity index (χ0) is 29.6. The van der Waals surface area contributed by atoms with E-state index in [2.05, 4.69) is 63.5 Å². The highest BCUT2D eigenvalue weighted by atomic mass is 32.2. The van der Waals surface area contributed by atoms with Crippen molar-refractivity contribution in [3.8, 4) is 0 Å². The van der Waals surface area contributed by atoms with E-state index in [1.165, 1.54) is 12.3 Å². The number of carboxylic acid groups (broad SMARTS) is 1. The van der Waals surface area contributed by atoms with Gasteiger partial charge in [-0.3, -0.25) is 9.62 Å². The first kappa shape index (κ1) is 31.5. The smallest absolute Gasteiger partial charge is 0.475 e. The Balaban J connectivity index is 0.000000673. The summed E-state index contributed by atoms with van der Waals surface area (Å²) in [6, 6.07) is 10.5. The third-order valence-electron chi connectivity index (χ3n) is 5.45. The lowest BCUT2D eigenvalue weighted by molar-refractivity contribution is -0.192. The first-order chi connectivity index (χ1) is 17.9. The highest BCUT2D eigenvalue weighted by Gasteiger charge is 2.38. The van der Waals surface area contributed by atoms with Crippen molar-refractivity contribution in [1.82, 2.24) is 15.0 Å². The Hall–Kier alpha value is -3.72. The fraction of sp³-hybridized carbons (Fsp3) is 0.375. The summed E-state index contributed by atoms with van der Waals surface area (Å²) in [7, 11) is -2.18. The summed E-state index contributed by atoms with van der Waals surface area (Å²) in [4.78, 5) is 15.1. The Bertz CT molecular complexity index is 1370. The van der Waals surface area contributed by atoms with Crippen LogP contribution in [0.25, 0.3) is 0 Å². The molecule has 0 aliphatic heterocycles. The number of pyridine rings is 1. The Morgan fingerprint density at radius 3 is 2.23 bits per heavy atom. The van der Waals surface area contributed by atoms with E-state index >= 15 is 0 Å². The van der Waals surface area contributed by atoms with Gasteiger partial charge in [-0.2, -0.15) is 21.6 Å². The Morgan fingerprint density at radius 2 is 1.72 bits per heavy atom. The average molecular weight is 576 g/mol. The number of hydrogen-bond donors (Lipinski definition) is 3. The zero-order valence-electron chi connectivity index (χ0n) is 21.8. The molecule has 0 fully saturated rings. The van der Waals surface area contributed by atoms with E-state index in [1.54, 1.807) is 6.92 Å². The van der Waals surface area contributed by atoms with Crippen LogP contribution >= 0.6 is 0 Å². The summed E-state index contributed by atoms with van der Waals surface area (Å²) in [5.41, 5.74) is 3.01. The van der Waals surface area contributed by atoms with Gasteiger partial charge in [-0.1, -0.05) is 29.4 Å². The minimum absolute atomic E-state index is 0.0194. The van der Waals surface area contributed by atoms with Crippen molar-refractivity contribution in [2.45, 2.75) is 57.5 Å². The number of sulfonamides is 1. The fourth-order valence-electron chi connectivity index (χ4n) is 2.94. The predicted octanol–water partition coefficient (Wildman–Crippen LogP) is 4.79. The molecule has 3 rings (SSSR count). The lowest BCUT2D eigenvalue weighted by Gasteiger charge is -2.32. The minimum Gasteiger partial charge on any atom is -0.475 e. The normalized spacial score (nSPS) is 12.1. The molecule has 39 heavy (non-hydrogen) atoms. The summed E-state index contributed by atoms with van der Waals surface area (Å²) in [5.74, 6) is -3.77. The van der Waals surface area contributed by atoms with Crippen molar-refractivity contribution in [3.63, 3.8) is 0 Å². The van der Waals surface area contributed by atoms with E-state index in [0.29, 0.717) is 17.9 Å². The minimum atomic E-state index is -5.08. The molecule has 2 heterocycles. The number of halogens is 4. The van der Waals surface area contributed by atoms with E-state index in [1.807, 2.05) is 18.2 Å². The number of aliphatic carboxylic acids is 1. The molecule has 15 heteroatoms. The summed E-state index contributed by atoms with van der Waals surface area (Å²) in [6.45, 7) is 9.28. The Kier molecular flexibility index (Phi) is 10.0. The molecular weight excluding hydrogens is 546 g/mol. The first-order valence-corrected chi connectivity index (χ1v) is 12.8. The maximum atomic E-state index is 14.7. The first-order valence-electron chi connectivity index (χ1n) is 11.3. The van der Waals surface area contributed by atoms with Crippen molar-refractivity contribution in [3.05, 3.63) is 65.3 Å². The van der Waals surface area contributed by atoms with Crippen molar-refractivity contribution in [2.75, 3.05) is 17.1 Å². The number of carboxylic acids is 1. The van der Waals surface area contributed by atoms with Gasteiger partial charge in [0.05, 0.1) is 11.4 Å². The van der Waals surface area contributed by atoms with Gasteiger partial charge in [-0.15, -0.1) is 0 Å². The molecule has 0 saturated carbocycles. The number of carbonyl (C=O) groups is 1. The summed E-state index contributed by atoms with van der Waals surface area (Å²) in [6.07, 6.45) is -3.88. The molecule has 1 aromatic carbocycles. The van der Waals surface area contributed by atoms with Crippen molar-refractivity contribution >= 4 is 27.5 Å². The summed E-state index contributed by atoms with van der Waals surface area (Å²) >= 11 is 0. The lowest BCUT2D eigenvalue weighted by Crippen LogP contribution is -2.37. The quantitative estimate of drug-likeness (QED) is 0.324. The number of nitrogens with one attached hydrogen (secondary N) is 2. The van der Waals surface area contributed by atoms with Crippen LogP contribution in [0.5, 0.6) is 0 Å². The lowest BCUT2D eigenvalue weighted by atomic mass is 10.0. The third kappa shape index (κ3) is 9.21. The Labute approximate surface area is 223 Å². The van der Waals surface area contributed by atoms with E-state index in [-0.39, 0.29) is 11.4 Å². The summed E-state index contributed by atoms with van der Waals surface area (Å²) < 4.78 is 78.1. The van der Waals surface area contributed by atoms with Crippen LogP contribution in [0, 0.1) is 12.7 Å². The number of hydrogen-bond acceptors (Lipinski definition) is 8. The number of alkyl halides is 3. The van der Waals surface area contributed by atoms with E-state index in [0.717, 1.165) is 23.7 Å². The van der Waals surface area contributed by atoms with Crippen LogP contribution in [0.2, 0.25) is 0 Å². The number of rotatable bonds is 8. The second-order valence-corrected chi connectivity index (χ2v) is 10.9. The molecule has 10 nitrogen and oxygen atoms in total. The molecule has 0 radical (unpaired) electrons. The van der Waals surface area contributed by atoms with Crippen LogP contribution in [0.3, 0.4) is 0 Å². The van der Waals surface area contributed by atoms with Crippen molar-refractivity contribution < 1.29 is 40.4 Å². The van der Waals surface area contributed by atoms with Crippen molar-refractivity contribution in [2.24, 2.45) is 0 Å². The topological polar surface area (TPSA) is 138 Å². The molecule has 3 N–H and O–H groups in total. The van der Waals surface area contributed by atoms with Gasteiger partial charge in [0.2, 0.25) is 5.03 Å². The molecule has 214 valence electrons. The fourth-order valence-corrected chi connectivity index (χ4v) is 3.99. The van der Waals surface area contributed by atoms with Crippen LogP contribution in [-0.4, -0.2) is 53.3 Å². The molecule has 0 atom stereocenters. The van der Waals surface area contributed by atoms with Crippen LogP contribution in [0.4, 0.5) is 29.1 Å². The van der Waals surface area contributed by atoms with Gasteiger partial charge >= 0.3 is 12.1 Å². The maximum Gasteiger partial charge on any atom is 0.490 e. The van der Waals surface area contributed by atoms with Gasteiger partial charge in [0.25, 0.3) is 10.0 Å².